The second kappa shape index (κ2) is 10.6. The predicted molar refractivity (Wildman–Crippen MR) is 122 cm³/mol. The number of phenolic OH excluding ortho intramolecular Hbond substituents is 1. The number of rotatable bonds is 9. The fourth-order valence-electron chi connectivity index (χ4n) is 3.16. The van der Waals surface area contributed by atoms with Gasteiger partial charge < -0.3 is 20.1 Å². The summed E-state index contributed by atoms with van der Waals surface area (Å²) in [5, 5.41) is 30.4. The van der Waals surface area contributed by atoms with Gasteiger partial charge in [-0.05, 0) is 71.2 Å². The highest BCUT2D eigenvalue weighted by molar-refractivity contribution is 14.1. The molecule has 150 valence electrons. The van der Waals surface area contributed by atoms with Gasteiger partial charge in [0, 0.05) is 5.92 Å². The van der Waals surface area contributed by atoms with E-state index in [0.29, 0.717) is 22.2 Å². The number of hydrogen-bond donors (Lipinski definition) is 3. The standard InChI is InChI=1S/C23H27IO4/c1-4-19(15(2)25)21(26)11-10-18(17-8-6-5-7-9-17)12-16-13-20(24)23(27)22(14-16)28-3/h4-9,12-15,19,21,25-27H,1,10-11H2,2-3H3/b18-12-/t15-,19+,21-/m1/s1. The maximum absolute atomic E-state index is 10.5. The van der Waals surface area contributed by atoms with Gasteiger partial charge in [-0.1, -0.05) is 42.5 Å². The molecule has 0 saturated carbocycles. The van der Waals surface area contributed by atoms with E-state index in [2.05, 4.69) is 29.2 Å². The van der Waals surface area contributed by atoms with E-state index >= 15 is 0 Å². The van der Waals surface area contributed by atoms with Crippen LogP contribution in [0.2, 0.25) is 0 Å². The van der Waals surface area contributed by atoms with Crippen LogP contribution < -0.4 is 4.74 Å². The van der Waals surface area contributed by atoms with Crippen LogP contribution in [0.25, 0.3) is 11.6 Å². The van der Waals surface area contributed by atoms with E-state index in [0.717, 1.165) is 16.7 Å². The summed E-state index contributed by atoms with van der Waals surface area (Å²) in [6, 6.07) is 13.6. The summed E-state index contributed by atoms with van der Waals surface area (Å²) in [5.74, 6) is 0.181. The number of aliphatic hydroxyl groups excluding tert-OH is 2. The Balaban J connectivity index is 2.35. The van der Waals surface area contributed by atoms with Crippen LogP contribution in [0.1, 0.15) is 30.9 Å². The lowest BCUT2D eigenvalue weighted by atomic mass is 9.90. The molecule has 0 spiro atoms. The number of methoxy groups -OCH3 is 1. The topological polar surface area (TPSA) is 69.9 Å². The molecule has 0 aliphatic heterocycles. The summed E-state index contributed by atoms with van der Waals surface area (Å²) in [7, 11) is 1.53. The van der Waals surface area contributed by atoms with Crippen molar-refractivity contribution in [2.24, 2.45) is 5.92 Å². The van der Waals surface area contributed by atoms with Gasteiger partial charge in [-0.2, -0.15) is 0 Å². The Labute approximate surface area is 180 Å². The molecule has 2 rings (SSSR count). The third-order valence-corrected chi connectivity index (χ3v) is 5.56. The van der Waals surface area contributed by atoms with Gasteiger partial charge in [0.2, 0.25) is 0 Å². The summed E-state index contributed by atoms with van der Waals surface area (Å²) < 4.78 is 5.97. The summed E-state index contributed by atoms with van der Waals surface area (Å²) >= 11 is 2.08. The maximum Gasteiger partial charge on any atom is 0.171 e. The molecule has 5 heteroatoms. The molecule has 0 saturated heterocycles. The zero-order chi connectivity index (χ0) is 20.7. The van der Waals surface area contributed by atoms with Crippen LogP contribution in [0.5, 0.6) is 11.5 Å². The zero-order valence-electron chi connectivity index (χ0n) is 16.2. The van der Waals surface area contributed by atoms with Crippen LogP contribution >= 0.6 is 22.6 Å². The monoisotopic (exact) mass is 494 g/mol. The molecule has 0 fully saturated rings. The molecule has 4 nitrogen and oxygen atoms in total. The molecule has 0 bridgehead atoms. The fraction of sp³-hybridized carbons (Fsp3) is 0.304. The largest absolute Gasteiger partial charge is 0.504 e. The lowest BCUT2D eigenvalue weighted by Gasteiger charge is -2.22. The molecule has 28 heavy (non-hydrogen) atoms. The van der Waals surface area contributed by atoms with Gasteiger partial charge in [0.1, 0.15) is 0 Å². The highest BCUT2D eigenvalue weighted by Crippen LogP contribution is 2.34. The van der Waals surface area contributed by atoms with E-state index in [1.54, 1.807) is 19.1 Å². The Morgan fingerprint density at radius 1 is 1.21 bits per heavy atom. The number of phenols is 1. The van der Waals surface area contributed by atoms with Gasteiger partial charge in [0.05, 0.1) is 22.9 Å². The van der Waals surface area contributed by atoms with Crippen molar-refractivity contribution in [3.8, 4) is 11.5 Å². The second-order valence-corrected chi connectivity index (χ2v) is 7.91. The predicted octanol–water partition coefficient (Wildman–Crippen LogP) is 4.87. The SMILES string of the molecule is C=C[C@H]([C@H](O)CC/C(=C/c1cc(I)c(O)c(OC)c1)c1ccccc1)[C@@H](C)O. The van der Waals surface area contributed by atoms with Gasteiger partial charge in [-0.3, -0.25) is 0 Å². The summed E-state index contributed by atoms with van der Waals surface area (Å²) in [6.07, 6.45) is 3.43. The van der Waals surface area contributed by atoms with Crippen LogP contribution in [-0.2, 0) is 0 Å². The fourth-order valence-corrected chi connectivity index (χ4v) is 3.78. The lowest BCUT2D eigenvalue weighted by molar-refractivity contribution is 0.0429. The van der Waals surface area contributed by atoms with E-state index in [-0.39, 0.29) is 11.7 Å². The quantitative estimate of drug-likeness (QED) is 0.264. The molecule has 0 aliphatic carbocycles. The molecule has 0 aromatic heterocycles. The number of benzene rings is 2. The first-order valence-corrected chi connectivity index (χ1v) is 10.3. The average molecular weight is 494 g/mol. The molecule has 0 heterocycles. The van der Waals surface area contributed by atoms with Crippen molar-refractivity contribution >= 4 is 34.2 Å². The van der Waals surface area contributed by atoms with E-state index in [1.807, 2.05) is 42.5 Å². The number of aromatic hydroxyl groups is 1. The van der Waals surface area contributed by atoms with Crippen molar-refractivity contribution < 1.29 is 20.1 Å². The van der Waals surface area contributed by atoms with E-state index < -0.39 is 12.2 Å². The zero-order valence-corrected chi connectivity index (χ0v) is 18.3. The van der Waals surface area contributed by atoms with Crippen LogP contribution in [0.4, 0.5) is 0 Å². The summed E-state index contributed by atoms with van der Waals surface area (Å²) in [5.41, 5.74) is 3.02. The third kappa shape index (κ3) is 5.83. The first-order valence-electron chi connectivity index (χ1n) is 9.18. The number of aliphatic hydroxyl groups is 2. The highest BCUT2D eigenvalue weighted by Gasteiger charge is 2.21. The second-order valence-electron chi connectivity index (χ2n) is 6.75. The molecule has 0 radical (unpaired) electrons. The molecule has 0 unspecified atom stereocenters. The maximum atomic E-state index is 10.5. The van der Waals surface area contributed by atoms with E-state index in [1.165, 1.54) is 7.11 Å². The van der Waals surface area contributed by atoms with Gasteiger partial charge in [-0.25, -0.2) is 0 Å². The Morgan fingerprint density at radius 3 is 2.46 bits per heavy atom. The van der Waals surface area contributed by atoms with E-state index in [4.69, 9.17) is 4.74 Å². The van der Waals surface area contributed by atoms with Gasteiger partial charge in [-0.15, -0.1) is 6.58 Å². The Kier molecular flexibility index (Phi) is 8.54. The minimum Gasteiger partial charge on any atom is -0.504 e. The molecule has 0 amide bonds. The molecule has 2 aromatic carbocycles. The van der Waals surface area contributed by atoms with Crippen molar-refractivity contribution in [2.75, 3.05) is 7.11 Å². The molecular formula is C23H27IO4. The summed E-state index contributed by atoms with van der Waals surface area (Å²) in [4.78, 5) is 0. The Morgan fingerprint density at radius 2 is 1.89 bits per heavy atom. The van der Waals surface area contributed by atoms with Crippen molar-refractivity contribution in [2.45, 2.75) is 32.0 Å². The summed E-state index contributed by atoms with van der Waals surface area (Å²) in [6.45, 7) is 5.38. The minimum atomic E-state index is -0.681. The Bertz CT molecular complexity index is 815. The van der Waals surface area contributed by atoms with Crippen LogP contribution in [0.3, 0.4) is 0 Å². The number of hydrogen-bond acceptors (Lipinski definition) is 4. The molecule has 3 N–H and O–H groups in total. The first-order chi connectivity index (χ1) is 13.4. The highest BCUT2D eigenvalue weighted by atomic mass is 127. The normalized spacial score (nSPS) is 15.0. The van der Waals surface area contributed by atoms with Gasteiger partial charge in [0.15, 0.2) is 11.5 Å². The Hall–Kier alpha value is -1.83. The van der Waals surface area contributed by atoms with Crippen molar-refractivity contribution in [3.05, 3.63) is 69.8 Å². The third-order valence-electron chi connectivity index (χ3n) is 4.74. The molecule has 0 aliphatic rings. The molecule has 2 aromatic rings. The van der Waals surface area contributed by atoms with Crippen molar-refractivity contribution in [3.63, 3.8) is 0 Å². The van der Waals surface area contributed by atoms with Gasteiger partial charge >= 0.3 is 0 Å². The average Bonchev–Trinajstić information content (AvgIpc) is 2.68. The number of ether oxygens (including phenoxy) is 1. The lowest BCUT2D eigenvalue weighted by Crippen LogP contribution is -2.28. The number of halogens is 1. The smallest absolute Gasteiger partial charge is 0.171 e. The molecule has 3 atom stereocenters. The van der Waals surface area contributed by atoms with Crippen LogP contribution in [0, 0.1) is 9.49 Å². The van der Waals surface area contributed by atoms with Crippen LogP contribution in [-0.4, -0.2) is 34.6 Å². The van der Waals surface area contributed by atoms with Crippen molar-refractivity contribution in [1.82, 2.24) is 0 Å². The number of allylic oxidation sites excluding steroid dienone is 1. The first kappa shape index (κ1) is 22.5. The van der Waals surface area contributed by atoms with Crippen LogP contribution in [0.15, 0.2) is 55.1 Å². The minimum absolute atomic E-state index is 0.127. The van der Waals surface area contributed by atoms with Gasteiger partial charge in [0.25, 0.3) is 0 Å². The molecular weight excluding hydrogens is 467 g/mol. The van der Waals surface area contributed by atoms with E-state index in [9.17, 15) is 15.3 Å². The van der Waals surface area contributed by atoms with Crippen molar-refractivity contribution in [1.29, 1.82) is 0 Å².